The number of hydrogen-bond acceptors (Lipinski definition) is 10. The fraction of sp³-hybridized carbons (Fsp3) is 0.400. The molecule has 4 rings (SSSR count). The zero-order chi connectivity index (χ0) is 30.1. The second-order valence-corrected chi connectivity index (χ2v) is 10.7. The van der Waals surface area contributed by atoms with Gasteiger partial charge in [-0.1, -0.05) is 36.4 Å². The summed E-state index contributed by atoms with van der Waals surface area (Å²) in [5, 5.41) is 25.7. The van der Waals surface area contributed by atoms with Gasteiger partial charge in [0.2, 0.25) is 0 Å². The van der Waals surface area contributed by atoms with Gasteiger partial charge >= 0.3 is 19.4 Å². The number of hydrogen-bond donors (Lipinski definition) is 4. The van der Waals surface area contributed by atoms with E-state index in [9.17, 15) is 29.2 Å². The molecule has 1 fully saturated rings. The number of H-pyrrole nitrogens is 1. The minimum atomic E-state index is -4.43. The first-order valence-corrected chi connectivity index (χ1v) is 13.6. The third kappa shape index (κ3) is 6.14. The molecule has 4 N–H and O–H groups in total. The Bertz CT molecular complexity index is 1610. The molecule has 0 radical (unpaired) electrons. The van der Waals surface area contributed by atoms with E-state index < -0.39 is 73.9 Å². The molecule has 1 aromatic heterocycles. The molecular formula is C25H30N3O10P. The Labute approximate surface area is 225 Å². The SMILES string of the molecule is [2H]c1c([2H])n([C@@H]2O[C@H](COP(=O)(NC(C)C(=O)OCC)Oc3cccc4ccccc34)[C@@H](O)[C@@]2(C)O)c(=O)[nH]c1=O. The molecule has 2 heterocycles. The first kappa shape index (κ1) is 25.9. The van der Waals surface area contributed by atoms with E-state index in [1.54, 1.807) is 31.2 Å². The standard InChI is InChI=1S/C25H30N3O10P/c1-4-35-22(31)15(2)27-39(34,38-18-11-7-9-16-8-5-6-10-17(16)18)36-14-19-21(30)25(3,33)23(37-19)28-13-12-20(29)26-24(28)32/h5-13,15,19,21,23,30,33H,4,14H2,1-3H3,(H,27,34)(H,26,29,32)/t15?,19-,21-,23-,25-,39?/m1/s1/i12D,13D. The largest absolute Gasteiger partial charge is 0.465 e. The van der Waals surface area contributed by atoms with E-state index in [-0.39, 0.29) is 12.4 Å². The fourth-order valence-corrected chi connectivity index (χ4v) is 5.61. The van der Waals surface area contributed by atoms with Crippen molar-refractivity contribution in [2.24, 2.45) is 0 Å². The first-order valence-electron chi connectivity index (χ1n) is 13.0. The highest BCUT2D eigenvalue weighted by Gasteiger charge is 2.54. The summed E-state index contributed by atoms with van der Waals surface area (Å²) in [5.74, 6) is -0.570. The second-order valence-electron chi connectivity index (χ2n) is 9.03. The van der Waals surface area contributed by atoms with E-state index in [2.05, 4.69) is 5.09 Å². The fourth-order valence-electron chi connectivity index (χ4n) is 4.09. The molecule has 2 unspecified atom stereocenters. The molecule has 0 aliphatic carbocycles. The Hall–Kier alpha value is -3.32. The van der Waals surface area contributed by atoms with Crippen LogP contribution in [0.25, 0.3) is 10.8 Å². The number of aromatic amines is 1. The Kier molecular flexibility index (Phi) is 7.60. The number of aliphatic hydroxyl groups is 2. The van der Waals surface area contributed by atoms with Gasteiger partial charge in [0.05, 0.1) is 16.0 Å². The third-order valence-electron chi connectivity index (χ3n) is 6.09. The van der Waals surface area contributed by atoms with Crippen LogP contribution in [-0.2, 0) is 23.4 Å². The van der Waals surface area contributed by atoms with Crippen molar-refractivity contribution in [3.05, 3.63) is 75.5 Å². The highest BCUT2D eigenvalue weighted by atomic mass is 31.2. The van der Waals surface area contributed by atoms with Crippen molar-refractivity contribution in [2.45, 2.75) is 50.8 Å². The lowest BCUT2D eigenvalue weighted by Crippen LogP contribution is -2.47. The molecule has 6 atom stereocenters. The Morgan fingerprint density at radius 2 is 2.03 bits per heavy atom. The van der Waals surface area contributed by atoms with Gasteiger partial charge in [-0.05, 0) is 32.2 Å². The van der Waals surface area contributed by atoms with Crippen molar-refractivity contribution in [3.63, 3.8) is 0 Å². The predicted octanol–water partition coefficient (Wildman–Crippen LogP) is 1.44. The molecule has 13 nitrogen and oxygen atoms in total. The van der Waals surface area contributed by atoms with E-state index in [1.165, 1.54) is 6.92 Å². The van der Waals surface area contributed by atoms with E-state index in [1.807, 2.05) is 23.2 Å². The van der Waals surface area contributed by atoms with Gasteiger partial charge in [0, 0.05) is 17.6 Å². The molecule has 1 aliphatic rings. The number of esters is 1. The van der Waals surface area contributed by atoms with Crippen molar-refractivity contribution in [1.82, 2.24) is 14.6 Å². The number of nitrogens with zero attached hydrogens (tertiary/aromatic N) is 1. The topological polar surface area (TPSA) is 178 Å². The number of aromatic nitrogens is 2. The molecule has 0 bridgehead atoms. The van der Waals surface area contributed by atoms with Crippen molar-refractivity contribution in [3.8, 4) is 5.75 Å². The van der Waals surface area contributed by atoms with Crippen LogP contribution in [0, 0.1) is 0 Å². The molecular weight excluding hydrogens is 533 g/mol. The van der Waals surface area contributed by atoms with Gasteiger partial charge in [0.15, 0.2) is 6.23 Å². The summed E-state index contributed by atoms with van der Waals surface area (Å²) in [7, 11) is -4.43. The van der Waals surface area contributed by atoms with Crippen LogP contribution in [-0.4, -0.2) is 62.8 Å². The predicted molar refractivity (Wildman–Crippen MR) is 139 cm³/mol. The lowest BCUT2D eigenvalue weighted by Gasteiger charge is -2.27. The van der Waals surface area contributed by atoms with E-state index in [0.717, 1.165) is 12.3 Å². The number of aliphatic hydroxyl groups excluding tert-OH is 1. The average Bonchev–Trinajstić information content (AvgIpc) is 3.14. The van der Waals surface area contributed by atoms with Gasteiger partial charge in [-0.15, -0.1) is 0 Å². The maximum atomic E-state index is 14.0. The van der Waals surface area contributed by atoms with Crippen molar-refractivity contribution < 1.29 is 40.8 Å². The highest BCUT2D eigenvalue weighted by molar-refractivity contribution is 7.52. The normalized spacial score (nSPS) is 25.9. The van der Waals surface area contributed by atoms with Crippen LogP contribution < -0.4 is 20.9 Å². The van der Waals surface area contributed by atoms with E-state index >= 15 is 0 Å². The molecule has 210 valence electrons. The molecule has 14 heteroatoms. The smallest absolute Gasteiger partial charge is 0.459 e. The molecule has 0 saturated carbocycles. The molecule has 39 heavy (non-hydrogen) atoms. The molecule has 0 spiro atoms. The monoisotopic (exact) mass is 565 g/mol. The summed E-state index contributed by atoms with van der Waals surface area (Å²) in [6.45, 7) is 3.50. The third-order valence-corrected chi connectivity index (χ3v) is 7.72. The van der Waals surface area contributed by atoms with Crippen LogP contribution in [0.2, 0.25) is 0 Å². The molecule has 1 saturated heterocycles. The van der Waals surface area contributed by atoms with Crippen LogP contribution in [0.1, 0.15) is 29.7 Å². The molecule has 1 aliphatic heterocycles. The van der Waals surface area contributed by atoms with E-state index in [4.69, 9.17) is 21.3 Å². The minimum absolute atomic E-state index is 0.0703. The van der Waals surface area contributed by atoms with Crippen LogP contribution >= 0.6 is 7.75 Å². The zero-order valence-corrected chi connectivity index (χ0v) is 22.2. The Morgan fingerprint density at radius 1 is 1.31 bits per heavy atom. The summed E-state index contributed by atoms with van der Waals surface area (Å²) in [4.78, 5) is 38.3. The highest BCUT2D eigenvalue weighted by Crippen LogP contribution is 2.48. The van der Waals surface area contributed by atoms with Gasteiger partial charge in [-0.25, -0.2) is 9.36 Å². The number of rotatable bonds is 10. The summed E-state index contributed by atoms with van der Waals surface area (Å²) in [6.07, 6.45) is -5.77. The molecule has 3 aromatic rings. The molecule has 2 aromatic carbocycles. The number of carbonyl (C=O) groups excluding carboxylic acids is 1. The van der Waals surface area contributed by atoms with Crippen molar-refractivity contribution >= 4 is 24.5 Å². The van der Waals surface area contributed by atoms with Gasteiger partial charge < -0.3 is 24.2 Å². The lowest BCUT2D eigenvalue weighted by atomic mass is 9.96. The van der Waals surface area contributed by atoms with Crippen molar-refractivity contribution in [2.75, 3.05) is 13.2 Å². The van der Waals surface area contributed by atoms with Gasteiger partial charge in [0.1, 0.15) is 29.6 Å². The number of benzene rings is 2. The quantitative estimate of drug-likeness (QED) is 0.207. The van der Waals surface area contributed by atoms with Gasteiger partial charge in [-0.2, -0.15) is 5.09 Å². The van der Waals surface area contributed by atoms with Crippen LogP contribution in [0.3, 0.4) is 0 Å². The summed E-state index contributed by atoms with van der Waals surface area (Å²) < 4.78 is 52.3. The lowest BCUT2D eigenvalue weighted by molar-refractivity contribution is -0.144. The maximum absolute atomic E-state index is 14.0. The summed E-state index contributed by atoms with van der Waals surface area (Å²) >= 11 is 0. The maximum Gasteiger partial charge on any atom is 0.459 e. The minimum Gasteiger partial charge on any atom is -0.465 e. The average molecular weight is 566 g/mol. The van der Waals surface area contributed by atoms with Gasteiger partial charge in [0.25, 0.3) is 5.56 Å². The second kappa shape index (κ2) is 11.4. The summed E-state index contributed by atoms with van der Waals surface area (Å²) in [6, 6.07) is 10.1. The van der Waals surface area contributed by atoms with Crippen molar-refractivity contribution in [1.29, 1.82) is 0 Å². The van der Waals surface area contributed by atoms with Gasteiger partial charge in [-0.3, -0.25) is 23.7 Å². The van der Waals surface area contributed by atoms with Crippen LogP contribution in [0.4, 0.5) is 0 Å². The molecule has 0 amide bonds. The van der Waals surface area contributed by atoms with E-state index in [0.29, 0.717) is 9.95 Å². The Morgan fingerprint density at radius 3 is 2.77 bits per heavy atom. The number of carbonyl (C=O) groups is 1. The Balaban J connectivity index is 1.63. The summed E-state index contributed by atoms with van der Waals surface area (Å²) in [5.41, 5.74) is -4.47. The van der Waals surface area contributed by atoms with Crippen LogP contribution in [0.5, 0.6) is 5.75 Å². The van der Waals surface area contributed by atoms with Crippen LogP contribution in [0.15, 0.2) is 64.3 Å². The zero-order valence-electron chi connectivity index (χ0n) is 23.3. The number of ether oxygens (including phenoxy) is 2. The number of nitrogens with one attached hydrogen (secondary N) is 2. The number of fused-ring (bicyclic) bond motifs is 1. The first-order chi connectivity index (χ1) is 19.3.